The van der Waals surface area contributed by atoms with E-state index in [1.165, 1.54) is 145 Å². The van der Waals surface area contributed by atoms with E-state index in [1.54, 1.807) is 0 Å². The highest BCUT2D eigenvalue weighted by Crippen LogP contribution is 2.68. The smallest absolute Gasteiger partial charge is 0.0998 e. The molecule has 12 aromatic rings. The Kier molecular flexibility index (Phi) is 11.8. The van der Waals surface area contributed by atoms with Crippen LogP contribution in [0.1, 0.15) is 192 Å². The van der Waals surface area contributed by atoms with E-state index < -0.39 is 0 Å². The number of rotatable bonds is 4. The van der Waals surface area contributed by atoms with Crippen LogP contribution < -0.4 is 10.6 Å². The topological polar surface area (TPSA) is 71.6 Å². The van der Waals surface area contributed by atoms with E-state index in [-0.39, 0.29) is 52.7 Å². The number of hydrogen-bond donors (Lipinski definition) is 2. The fraction of sp³-hybridized carbons (Fsp3) is 0.108. The molecule has 12 aromatic carbocycles. The van der Waals surface area contributed by atoms with Crippen molar-refractivity contribution in [3.8, 4) is 12.1 Å². The molecule has 8 bridgehead atoms. The number of nitrogens with zero attached hydrogens (tertiary/aromatic N) is 2. The maximum atomic E-state index is 11.2. The Hall–Kier alpha value is -10.2. The van der Waals surface area contributed by atoms with Gasteiger partial charge in [-0.2, -0.15) is 10.5 Å². The Morgan fingerprint density at radius 1 is 0.236 bits per heavy atom. The van der Waals surface area contributed by atoms with Gasteiger partial charge in [0, 0.05) is 70.1 Å². The van der Waals surface area contributed by atoms with Gasteiger partial charge in [-0.15, -0.1) is 23.2 Å². The van der Waals surface area contributed by atoms with E-state index in [2.05, 4.69) is 278 Å². The van der Waals surface area contributed by atoms with Gasteiger partial charge < -0.3 is 10.6 Å². The molecule has 0 amide bonds. The van der Waals surface area contributed by atoms with Crippen LogP contribution in [-0.4, -0.2) is 5.34 Å². The first-order chi connectivity index (χ1) is 44.1. The minimum atomic E-state index is 0.0228. The third-order valence-corrected chi connectivity index (χ3v) is 20.9. The molecule has 12 aliphatic rings. The van der Waals surface area contributed by atoms with Crippen LogP contribution in [0.15, 0.2) is 255 Å². The summed E-state index contributed by atoms with van der Waals surface area (Å²) in [7, 11) is 0. The van der Waals surface area contributed by atoms with Gasteiger partial charge in [0.1, 0.15) is 0 Å². The fourth-order valence-electron chi connectivity index (χ4n) is 18.0. The van der Waals surface area contributed by atoms with Gasteiger partial charge >= 0.3 is 0 Å². The molecule has 12 aliphatic carbocycles. The quantitative estimate of drug-likeness (QED) is 0.172. The van der Waals surface area contributed by atoms with Crippen molar-refractivity contribution in [2.75, 3.05) is 16.0 Å². The second-order valence-electron chi connectivity index (χ2n) is 24.6. The summed E-state index contributed by atoms with van der Waals surface area (Å²) in [6.07, 6.45) is 0. The zero-order valence-corrected chi connectivity index (χ0v) is 49.7. The average molecular weight is 1180 g/mol. The van der Waals surface area contributed by atoms with Crippen LogP contribution >= 0.6 is 23.2 Å². The lowest BCUT2D eigenvalue weighted by molar-refractivity contribution is 0.716. The van der Waals surface area contributed by atoms with Crippen molar-refractivity contribution in [3.63, 3.8) is 0 Å². The molecular weight excluding hydrogens is 1120 g/mol. The molecule has 6 heteroatoms. The van der Waals surface area contributed by atoms with Gasteiger partial charge in [0.25, 0.3) is 0 Å². The van der Waals surface area contributed by atoms with Crippen LogP contribution in [0, 0.1) is 22.7 Å². The molecule has 0 unspecified atom stereocenters. The molecule has 420 valence electrons. The third-order valence-electron chi connectivity index (χ3n) is 20.9. The first-order valence-electron chi connectivity index (χ1n) is 30.9. The van der Waals surface area contributed by atoms with E-state index in [4.69, 9.17) is 23.2 Å². The molecule has 0 saturated heterocycles. The zero-order chi connectivity index (χ0) is 59.2. The van der Waals surface area contributed by atoms with E-state index in [9.17, 15) is 10.5 Å². The van der Waals surface area contributed by atoms with E-state index in [1.807, 2.05) is 0 Å². The normalized spacial score (nSPS) is 20.0. The van der Waals surface area contributed by atoms with E-state index in [0.29, 0.717) is 0 Å². The van der Waals surface area contributed by atoms with Crippen molar-refractivity contribution in [2.24, 2.45) is 0 Å². The first kappa shape index (κ1) is 52.0. The maximum absolute atomic E-state index is 11.2. The summed E-state index contributed by atoms with van der Waals surface area (Å²) in [5.74, 6) is 0.321. The lowest BCUT2D eigenvalue weighted by Gasteiger charge is -2.49. The molecular formula is C83H54Cl2N4. The van der Waals surface area contributed by atoms with Crippen molar-refractivity contribution >= 4 is 46.0 Å². The molecule has 4 nitrogen and oxygen atoms in total. The highest BCUT2D eigenvalue weighted by Gasteiger charge is 2.53. The van der Waals surface area contributed by atoms with Crippen LogP contribution in [0.3, 0.4) is 0 Å². The standard InChI is InChI=1S/2C41H26N2.CH2Cl2/c2*42-22-32-37-33-24-14-4-8-18-28(24)35(29-19-9-5-15-25(29)33)39(37)41(43-23-12-2-1-3-13-23)40-36-30-20-10-6-16-26(30)34(38(32)40)27-17-7-11-21-31(27)36;2-1-3/h2*1-21,33-36,43H;1H2. The average Bonchev–Trinajstić information content (AvgIpc) is 0.697. The number of benzene rings is 12. The van der Waals surface area contributed by atoms with E-state index >= 15 is 0 Å². The van der Waals surface area contributed by atoms with Gasteiger partial charge in [0.05, 0.1) is 28.6 Å². The maximum Gasteiger partial charge on any atom is 0.0998 e. The molecule has 0 radical (unpaired) electrons. The molecule has 0 atom stereocenters. The summed E-state index contributed by atoms with van der Waals surface area (Å²) >= 11 is 9.53. The summed E-state index contributed by atoms with van der Waals surface area (Å²) in [5.41, 5.74) is 37.8. The van der Waals surface area contributed by atoms with Crippen molar-refractivity contribution in [1.29, 1.82) is 10.5 Å². The van der Waals surface area contributed by atoms with Crippen LogP contribution in [0.25, 0.3) is 0 Å². The molecule has 89 heavy (non-hydrogen) atoms. The first-order valence-corrected chi connectivity index (χ1v) is 31.9. The third kappa shape index (κ3) is 7.16. The Morgan fingerprint density at radius 3 is 0.539 bits per heavy atom. The van der Waals surface area contributed by atoms with Gasteiger partial charge in [0.2, 0.25) is 0 Å². The monoisotopic (exact) mass is 1180 g/mol. The van der Waals surface area contributed by atoms with Crippen molar-refractivity contribution < 1.29 is 0 Å². The molecule has 0 fully saturated rings. The zero-order valence-electron chi connectivity index (χ0n) is 48.2. The minimum absolute atomic E-state index is 0.0228. The minimum Gasteiger partial charge on any atom is -0.355 e. The molecule has 2 N–H and O–H groups in total. The number of hydrogen-bond acceptors (Lipinski definition) is 4. The van der Waals surface area contributed by atoms with Crippen LogP contribution in [0.4, 0.5) is 22.7 Å². The predicted molar refractivity (Wildman–Crippen MR) is 357 cm³/mol. The van der Waals surface area contributed by atoms with Crippen molar-refractivity contribution in [1.82, 2.24) is 0 Å². The summed E-state index contributed by atoms with van der Waals surface area (Å²) in [6, 6.07) is 98.2. The largest absolute Gasteiger partial charge is 0.355 e. The van der Waals surface area contributed by atoms with Crippen molar-refractivity contribution in [2.45, 2.75) is 47.3 Å². The molecule has 0 aliphatic heterocycles. The van der Waals surface area contributed by atoms with Gasteiger partial charge in [-0.05, 0) is 158 Å². The Balaban J connectivity index is 0.000000127. The Labute approximate surface area is 528 Å². The molecule has 24 rings (SSSR count). The summed E-state index contributed by atoms with van der Waals surface area (Å²) < 4.78 is 0. The second-order valence-corrected chi connectivity index (χ2v) is 25.4. The molecule has 0 spiro atoms. The second kappa shape index (κ2) is 20.2. The van der Waals surface area contributed by atoms with Crippen LogP contribution in [0.2, 0.25) is 0 Å². The predicted octanol–water partition coefficient (Wildman–Crippen LogP) is 20.0. The van der Waals surface area contributed by atoms with Crippen LogP contribution in [-0.2, 0) is 0 Å². The van der Waals surface area contributed by atoms with Crippen LogP contribution in [0.5, 0.6) is 0 Å². The number of alkyl halides is 2. The Morgan fingerprint density at radius 2 is 0.382 bits per heavy atom. The lowest BCUT2D eigenvalue weighted by Crippen LogP contribution is -2.34. The Bertz CT molecular complexity index is 4310. The highest BCUT2D eigenvalue weighted by molar-refractivity contribution is 6.40. The van der Waals surface area contributed by atoms with Gasteiger partial charge in [-0.25, -0.2) is 0 Å². The number of anilines is 4. The number of para-hydroxylation sites is 2. The van der Waals surface area contributed by atoms with Crippen molar-refractivity contribution in [3.05, 3.63) is 399 Å². The summed E-state index contributed by atoms with van der Waals surface area (Å²) in [4.78, 5) is 0. The number of nitriles is 2. The van der Waals surface area contributed by atoms with Gasteiger partial charge in [-0.3, -0.25) is 0 Å². The van der Waals surface area contributed by atoms with E-state index in [0.717, 1.165) is 22.5 Å². The molecule has 0 heterocycles. The number of nitrogens with one attached hydrogen (secondary N) is 2. The molecule has 0 aromatic heterocycles. The summed E-state index contributed by atoms with van der Waals surface area (Å²) in [6.45, 7) is 0. The lowest BCUT2D eigenvalue weighted by atomic mass is 9.54. The summed E-state index contributed by atoms with van der Waals surface area (Å²) in [5, 5.41) is 30.6. The highest BCUT2D eigenvalue weighted by atomic mass is 35.5. The number of halogens is 2. The SMILES string of the molecule is ClCCl.N#Cc1c2c(c(Nc3ccccc3)c3c1C1c4ccccc4C3c3ccccc31)C1c3ccccc3C2c2ccccc21.N#Cc1c2c(c(Nc3ccccc3)c3c1C1c4ccccc4C3c3ccccc31)C1c3ccccc3C2c2ccccc21. The molecule has 0 saturated carbocycles. The van der Waals surface area contributed by atoms with Gasteiger partial charge in [0.15, 0.2) is 0 Å². The fourth-order valence-corrected chi connectivity index (χ4v) is 18.0. The van der Waals surface area contributed by atoms with Gasteiger partial charge in [-0.1, -0.05) is 231 Å².